The maximum atomic E-state index is 11.9. The van der Waals surface area contributed by atoms with Crippen molar-refractivity contribution in [1.29, 1.82) is 5.26 Å². The summed E-state index contributed by atoms with van der Waals surface area (Å²) < 4.78 is 20.6. The normalized spacial score (nSPS) is 9.97. The van der Waals surface area contributed by atoms with E-state index in [4.69, 9.17) is 24.2 Å². The lowest BCUT2D eigenvalue weighted by atomic mass is 10.2. The van der Waals surface area contributed by atoms with E-state index in [1.165, 1.54) is 6.08 Å². The molecule has 0 aliphatic carbocycles. The highest BCUT2D eigenvalue weighted by atomic mass is 16.6. The van der Waals surface area contributed by atoms with E-state index >= 15 is 0 Å². The Bertz CT molecular complexity index is 1140. The molecular weight excluding hydrogens is 480 g/mol. The van der Waals surface area contributed by atoms with E-state index in [1.807, 2.05) is 0 Å². The van der Waals surface area contributed by atoms with Crippen LogP contribution in [0.25, 0.3) is 0 Å². The van der Waals surface area contributed by atoms with Crippen molar-refractivity contribution in [3.63, 3.8) is 0 Å². The van der Waals surface area contributed by atoms with Crippen LogP contribution in [0, 0.1) is 25.4 Å². The van der Waals surface area contributed by atoms with Crippen LogP contribution in [0.2, 0.25) is 0 Å². The van der Waals surface area contributed by atoms with E-state index in [1.54, 1.807) is 56.5 Å². The highest BCUT2D eigenvalue weighted by Crippen LogP contribution is 2.23. The van der Waals surface area contributed by atoms with Gasteiger partial charge in [-0.15, -0.1) is 5.26 Å². The number of nitrogens with one attached hydrogen (secondary N) is 2. The molecule has 196 valence electrons. The lowest BCUT2D eigenvalue weighted by Crippen LogP contribution is -2.15. The van der Waals surface area contributed by atoms with E-state index in [0.717, 1.165) is 24.0 Å². The molecule has 0 bridgehead atoms. The quantitative estimate of drug-likeness (QED) is 0.146. The third-order valence-electron chi connectivity index (χ3n) is 5.04. The molecule has 0 radical (unpaired) electrons. The van der Waals surface area contributed by atoms with Gasteiger partial charge in [-0.2, -0.15) is 4.99 Å². The molecule has 2 aromatic rings. The molecule has 0 fully saturated rings. The van der Waals surface area contributed by atoms with E-state index in [-0.39, 0.29) is 13.2 Å². The third kappa shape index (κ3) is 11.3. The summed E-state index contributed by atoms with van der Waals surface area (Å²) >= 11 is 0. The molecule has 0 aliphatic heterocycles. The number of hydrogen-bond acceptors (Lipinski definition) is 9. The van der Waals surface area contributed by atoms with Crippen molar-refractivity contribution < 1.29 is 33.3 Å². The molecule has 0 aliphatic rings. The highest BCUT2D eigenvalue weighted by Gasteiger charge is 2.07. The Balaban J connectivity index is 1.47. The number of anilines is 2. The first-order valence-corrected chi connectivity index (χ1v) is 11.7. The van der Waals surface area contributed by atoms with Crippen LogP contribution in [-0.4, -0.2) is 44.7 Å². The van der Waals surface area contributed by atoms with Gasteiger partial charge in [0, 0.05) is 30.7 Å². The van der Waals surface area contributed by atoms with Crippen molar-refractivity contribution in [3.8, 4) is 12.0 Å². The average Bonchev–Trinajstić information content (AvgIpc) is 2.87. The third-order valence-corrected chi connectivity index (χ3v) is 5.04. The summed E-state index contributed by atoms with van der Waals surface area (Å²) in [5.41, 5.74) is 2.95. The van der Waals surface area contributed by atoms with Crippen LogP contribution in [0.15, 0.2) is 41.4 Å². The lowest BCUT2D eigenvalue weighted by molar-refractivity contribution is 0.109. The number of ether oxygens (including phenoxy) is 4. The van der Waals surface area contributed by atoms with Gasteiger partial charge in [0.05, 0.1) is 18.9 Å². The molecule has 11 heteroatoms. The van der Waals surface area contributed by atoms with Crippen molar-refractivity contribution in [2.24, 2.45) is 4.99 Å². The molecule has 0 aromatic heterocycles. The molecule has 2 rings (SSSR count). The van der Waals surface area contributed by atoms with E-state index in [2.05, 4.69) is 15.6 Å². The van der Waals surface area contributed by atoms with Crippen LogP contribution in [-0.2, 0) is 19.0 Å². The first-order valence-electron chi connectivity index (χ1n) is 11.7. The number of rotatable bonds is 14. The van der Waals surface area contributed by atoms with Crippen LogP contribution >= 0.6 is 0 Å². The number of isocyanates is 1. The zero-order valence-corrected chi connectivity index (χ0v) is 20.9. The Morgan fingerprint density at radius 3 is 1.95 bits per heavy atom. The van der Waals surface area contributed by atoms with Gasteiger partial charge in [-0.1, -0.05) is 12.1 Å². The summed E-state index contributed by atoms with van der Waals surface area (Å²) in [4.78, 5) is 37.8. The van der Waals surface area contributed by atoms with Gasteiger partial charge in [0.2, 0.25) is 6.08 Å². The summed E-state index contributed by atoms with van der Waals surface area (Å²) in [5, 5.41) is 13.8. The monoisotopic (exact) mass is 510 g/mol. The molecule has 2 N–H and O–H groups in total. The molecular formula is C26H30N4O7. The second-order valence-corrected chi connectivity index (χ2v) is 7.93. The smallest absolute Gasteiger partial charge is 0.411 e. The molecule has 0 atom stereocenters. The average molecular weight is 511 g/mol. The topological polar surface area (TPSA) is 148 Å². The SMILES string of the molecule is Cc1ccc(NC(=O)OCCCCOCCCCOC(=O)Nc2ccc(C)c(OC#N)c2)cc1N=C=O. The van der Waals surface area contributed by atoms with Gasteiger partial charge < -0.3 is 18.9 Å². The van der Waals surface area contributed by atoms with Gasteiger partial charge in [0.25, 0.3) is 6.26 Å². The number of aliphatic imine (C=N–C) groups is 1. The zero-order chi connectivity index (χ0) is 26.9. The predicted octanol–water partition coefficient (Wildman–Crippen LogP) is 5.50. The zero-order valence-electron chi connectivity index (χ0n) is 20.9. The number of carbonyl (C=O) groups is 2. The number of nitrogens with zero attached hydrogens (tertiary/aromatic N) is 2. The number of benzene rings is 2. The van der Waals surface area contributed by atoms with Gasteiger partial charge in [0.15, 0.2) is 0 Å². The molecule has 0 heterocycles. The molecule has 0 saturated carbocycles. The summed E-state index contributed by atoms with van der Waals surface area (Å²) in [6.07, 6.45) is 4.65. The van der Waals surface area contributed by atoms with Gasteiger partial charge in [-0.05, 0) is 68.9 Å². The standard InChI is InChI=1S/C26H30N4O7/c1-19-7-9-21(15-23(19)28-18-31)29-25(32)35-13-5-3-11-34-12-4-6-14-36-26(33)30-22-10-8-20(2)24(16-22)37-17-27/h7-10,15-16H,3-6,11-14H2,1-2H3,(H,29,32)(H,30,33). The summed E-state index contributed by atoms with van der Waals surface area (Å²) in [7, 11) is 0. The fourth-order valence-electron chi connectivity index (χ4n) is 3.05. The first-order chi connectivity index (χ1) is 17.9. The lowest BCUT2D eigenvalue weighted by Gasteiger charge is -2.09. The molecule has 2 amide bonds. The molecule has 0 spiro atoms. The Morgan fingerprint density at radius 1 is 0.838 bits per heavy atom. The Morgan fingerprint density at radius 2 is 1.38 bits per heavy atom. The number of hydrogen-bond donors (Lipinski definition) is 2. The van der Waals surface area contributed by atoms with Crippen LogP contribution in [0.4, 0.5) is 26.7 Å². The number of carbonyl (C=O) groups excluding carboxylic acids is 3. The van der Waals surface area contributed by atoms with Crippen LogP contribution in [0.1, 0.15) is 36.8 Å². The van der Waals surface area contributed by atoms with E-state index in [9.17, 15) is 14.4 Å². The number of aryl methyl sites for hydroxylation is 2. The molecule has 0 unspecified atom stereocenters. The van der Waals surface area contributed by atoms with Gasteiger partial charge in [-0.25, -0.2) is 14.4 Å². The number of nitriles is 1. The van der Waals surface area contributed by atoms with E-state index < -0.39 is 12.2 Å². The predicted molar refractivity (Wildman–Crippen MR) is 136 cm³/mol. The van der Waals surface area contributed by atoms with E-state index in [0.29, 0.717) is 48.9 Å². The van der Waals surface area contributed by atoms with Crippen molar-refractivity contribution in [2.45, 2.75) is 39.5 Å². The Labute approximate surface area is 215 Å². The first kappa shape index (κ1) is 28.8. The van der Waals surface area contributed by atoms with Crippen molar-refractivity contribution in [2.75, 3.05) is 37.1 Å². The van der Waals surface area contributed by atoms with Gasteiger partial charge in [0.1, 0.15) is 5.75 Å². The van der Waals surface area contributed by atoms with Gasteiger partial charge >= 0.3 is 12.2 Å². The number of unbranched alkanes of at least 4 members (excludes halogenated alkanes) is 2. The van der Waals surface area contributed by atoms with Crippen molar-refractivity contribution >= 4 is 35.3 Å². The van der Waals surface area contributed by atoms with Crippen LogP contribution in [0.3, 0.4) is 0 Å². The van der Waals surface area contributed by atoms with Crippen molar-refractivity contribution in [3.05, 3.63) is 47.5 Å². The molecule has 2 aromatic carbocycles. The second kappa shape index (κ2) is 16.3. The summed E-state index contributed by atoms with van der Waals surface area (Å²) in [5.74, 6) is 0.371. The Kier molecular flexibility index (Phi) is 12.7. The summed E-state index contributed by atoms with van der Waals surface area (Å²) in [6, 6.07) is 9.97. The largest absolute Gasteiger partial charge is 0.449 e. The van der Waals surface area contributed by atoms with Crippen molar-refractivity contribution in [1.82, 2.24) is 0 Å². The minimum atomic E-state index is -0.590. The second-order valence-electron chi connectivity index (χ2n) is 7.93. The summed E-state index contributed by atoms with van der Waals surface area (Å²) in [6.45, 7) is 5.13. The minimum Gasteiger partial charge on any atom is -0.449 e. The fourth-order valence-corrected chi connectivity index (χ4v) is 3.05. The molecule has 0 saturated heterocycles. The van der Waals surface area contributed by atoms with Gasteiger partial charge in [-0.3, -0.25) is 10.6 Å². The highest BCUT2D eigenvalue weighted by molar-refractivity contribution is 5.86. The minimum absolute atomic E-state index is 0.245. The Hall–Kier alpha value is -4.39. The van der Waals surface area contributed by atoms with Crippen LogP contribution < -0.4 is 15.4 Å². The van der Waals surface area contributed by atoms with Crippen LogP contribution in [0.5, 0.6) is 5.75 Å². The molecule has 11 nitrogen and oxygen atoms in total. The number of amides is 2. The fraction of sp³-hybridized carbons (Fsp3) is 0.385. The molecule has 37 heavy (non-hydrogen) atoms. The maximum absolute atomic E-state index is 11.9. The maximum Gasteiger partial charge on any atom is 0.411 e.